The van der Waals surface area contributed by atoms with E-state index in [2.05, 4.69) is 10.2 Å². The maximum atomic E-state index is 13.5. The number of nitrogens with zero attached hydrogens (tertiary/aromatic N) is 1. The zero-order chi connectivity index (χ0) is 13.1. The van der Waals surface area contributed by atoms with Gasteiger partial charge in [0.25, 0.3) is 0 Å². The number of benzene rings is 1. The fourth-order valence-electron chi connectivity index (χ4n) is 2.43. The highest BCUT2D eigenvalue weighted by molar-refractivity contribution is 6.31. The van der Waals surface area contributed by atoms with Crippen LogP contribution in [0.15, 0.2) is 12.1 Å². The lowest BCUT2D eigenvalue weighted by atomic mass is 10.0. The molecule has 1 saturated heterocycles. The van der Waals surface area contributed by atoms with Gasteiger partial charge in [-0.25, -0.2) is 4.39 Å². The molecule has 0 aliphatic carbocycles. The molecule has 4 heteroatoms. The van der Waals surface area contributed by atoms with Crippen molar-refractivity contribution in [1.82, 2.24) is 10.2 Å². The molecule has 0 radical (unpaired) electrons. The SMILES string of the molecule is CNC1CCN(Cc2cc(F)c(C)cc2Cl)CC1. The summed E-state index contributed by atoms with van der Waals surface area (Å²) in [5.74, 6) is -0.167. The van der Waals surface area contributed by atoms with Crippen molar-refractivity contribution in [1.29, 1.82) is 0 Å². The molecule has 1 heterocycles. The molecule has 0 saturated carbocycles. The van der Waals surface area contributed by atoms with Crippen LogP contribution >= 0.6 is 11.6 Å². The van der Waals surface area contributed by atoms with Crippen LogP contribution in [0.5, 0.6) is 0 Å². The molecule has 0 unspecified atom stereocenters. The van der Waals surface area contributed by atoms with E-state index >= 15 is 0 Å². The molecular formula is C14H20ClFN2. The number of aryl methyl sites for hydroxylation is 1. The van der Waals surface area contributed by atoms with Gasteiger partial charge in [-0.15, -0.1) is 0 Å². The molecule has 0 spiro atoms. The Morgan fingerprint density at radius 2 is 2.06 bits per heavy atom. The molecule has 1 fully saturated rings. The van der Waals surface area contributed by atoms with Crippen LogP contribution in [0.4, 0.5) is 4.39 Å². The Morgan fingerprint density at radius 1 is 1.39 bits per heavy atom. The van der Waals surface area contributed by atoms with Gasteiger partial charge in [0.05, 0.1) is 0 Å². The van der Waals surface area contributed by atoms with E-state index in [9.17, 15) is 4.39 Å². The van der Waals surface area contributed by atoms with E-state index in [1.54, 1.807) is 19.1 Å². The number of halogens is 2. The predicted octanol–water partition coefficient (Wildman–Crippen LogP) is 2.97. The van der Waals surface area contributed by atoms with Crippen LogP contribution < -0.4 is 5.32 Å². The average Bonchev–Trinajstić information content (AvgIpc) is 2.37. The summed E-state index contributed by atoms with van der Waals surface area (Å²) in [5, 5.41) is 3.97. The molecule has 1 N–H and O–H groups in total. The predicted molar refractivity (Wildman–Crippen MR) is 73.5 cm³/mol. The Bertz CT molecular complexity index is 415. The molecule has 2 rings (SSSR count). The van der Waals surface area contributed by atoms with Gasteiger partial charge in [0, 0.05) is 17.6 Å². The van der Waals surface area contributed by atoms with Gasteiger partial charge in [-0.05, 0) is 63.2 Å². The van der Waals surface area contributed by atoms with Crippen molar-refractivity contribution in [2.24, 2.45) is 0 Å². The molecule has 0 bridgehead atoms. The average molecular weight is 271 g/mol. The summed E-state index contributed by atoms with van der Waals surface area (Å²) in [5.41, 5.74) is 1.50. The minimum atomic E-state index is -0.167. The second-order valence-electron chi connectivity index (χ2n) is 5.03. The first-order valence-electron chi connectivity index (χ1n) is 6.44. The van der Waals surface area contributed by atoms with Crippen molar-refractivity contribution in [3.05, 3.63) is 34.1 Å². The minimum Gasteiger partial charge on any atom is -0.317 e. The second kappa shape index (κ2) is 6.00. The van der Waals surface area contributed by atoms with E-state index in [-0.39, 0.29) is 5.82 Å². The van der Waals surface area contributed by atoms with Gasteiger partial charge in [-0.1, -0.05) is 11.6 Å². The molecule has 1 aromatic rings. The van der Waals surface area contributed by atoms with Crippen molar-refractivity contribution in [2.45, 2.75) is 32.4 Å². The van der Waals surface area contributed by atoms with Crippen molar-refractivity contribution in [3.63, 3.8) is 0 Å². The normalized spacial score (nSPS) is 18.2. The Kier molecular flexibility index (Phi) is 4.60. The van der Waals surface area contributed by atoms with E-state index in [1.807, 2.05) is 7.05 Å². The van der Waals surface area contributed by atoms with Crippen molar-refractivity contribution in [2.75, 3.05) is 20.1 Å². The maximum Gasteiger partial charge on any atom is 0.126 e. The second-order valence-corrected chi connectivity index (χ2v) is 5.44. The highest BCUT2D eigenvalue weighted by Gasteiger charge is 2.18. The van der Waals surface area contributed by atoms with Crippen LogP contribution in [0.3, 0.4) is 0 Å². The number of hydrogen-bond donors (Lipinski definition) is 1. The topological polar surface area (TPSA) is 15.3 Å². The first-order chi connectivity index (χ1) is 8.60. The third-order valence-electron chi connectivity index (χ3n) is 3.72. The quantitative estimate of drug-likeness (QED) is 0.908. The number of piperidine rings is 1. The van der Waals surface area contributed by atoms with Gasteiger partial charge in [-0.2, -0.15) is 0 Å². The number of hydrogen-bond acceptors (Lipinski definition) is 2. The highest BCUT2D eigenvalue weighted by atomic mass is 35.5. The van der Waals surface area contributed by atoms with Crippen molar-refractivity contribution in [3.8, 4) is 0 Å². The molecule has 0 aromatic heterocycles. The van der Waals surface area contributed by atoms with Crippen molar-refractivity contribution >= 4 is 11.6 Å². The van der Waals surface area contributed by atoms with E-state index in [0.29, 0.717) is 16.6 Å². The van der Waals surface area contributed by atoms with E-state index in [4.69, 9.17) is 11.6 Å². The van der Waals surface area contributed by atoms with E-state index in [0.717, 1.165) is 38.0 Å². The van der Waals surface area contributed by atoms with Gasteiger partial charge >= 0.3 is 0 Å². The summed E-state index contributed by atoms with van der Waals surface area (Å²) in [6, 6.07) is 3.90. The lowest BCUT2D eigenvalue weighted by Crippen LogP contribution is -2.40. The van der Waals surface area contributed by atoms with Gasteiger partial charge in [0.1, 0.15) is 5.82 Å². The Balaban J connectivity index is 2.00. The van der Waals surface area contributed by atoms with Crippen LogP contribution in [0.2, 0.25) is 5.02 Å². The molecule has 0 amide bonds. The number of likely N-dealkylation sites (tertiary alicyclic amines) is 1. The monoisotopic (exact) mass is 270 g/mol. The molecule has 1 aliphatic rings. The largest absolute Gasteiger partial charge is 0.317 e. The lowest BCUT2D eigenvalue weighted by molar-refractivity contribution is 0.194. The van der Waals surface area contributed by atoms with E-state index in [1.165, 1.54) is 0 Å². The summed E-state index contributed by atoms with van der Waals surface area (Å²) >= 11 is 6.17. The molecule has 0 atom stereocenters. The third-order valence-corrected chi connectivity index (χ3v) is 4.07. The lowest BCUT2D eigenvalue weighted by Gasteiger charge is -2.32. The van der Waals surface area contributed by atoms with Crippen LogP contribution in [0, 0.1) is 12.7 Å². The summed E-state index contributed by atoms with van der Waals surface area (Å²) < 4.78 is 13.5. The molecule has 1 aromatic carbocycles. The smallest absolute Gasteiger partial charge is 0.126 e. The molecule has 18 heavy (non-hydrogen) atoms. The third kappa shape index (κ3) is 3.22. The molecular weight excluding hydrogens is 251 g/mol. The van der Waals surface area contributed by atoms with Crippen LogP contribution in [0.25, 0.3) is 0 Å². The standard InChI is InChI=1S/C14H20ClFN2/c1-10-7-13(15)11(8-14(10)16)9-18-5-3-12(17-2)4-6-18/h7-8,12,17H,3-6,9H2,1-2H3. The molecule has 100 valence electrons. The summed E-state index contributed by atoms with van der Waals surface area (Å²) in [4.78, 5) is 2.34. The molecule has 2 nitrogen and oxygen atoms in total. The highest BCUT2D eigenvalue weighted by Crippen LogP contribution is 2.23. The van der Waals surface area contributed by atoms with Gasteiger partial charge in [0.2, 0.25) is 0 Å². The fraction of sp³-hybridized carbons (Fsp3) is 0.571. The van der Waals surface area contributed by atoms with Gasteiger partial charge in [-0.3, -0.25) is 4.90 Å². The van der Waals surface area contributed by atoms with Gasteiger partial charge in [0.15, 0.2) is 0 Å². The van der Waals surface area contributed by atoms with Crippen LogP contribution in [0.1, 0.15) is 24.0 Å². The Morgan fingerprint density at radius 3 is 2.67 bits per heavy atom. The summed E-state index contributed by atoms with van der Waals surface area (Å²) in [7, 11) is 2.01. The van der Waals surface area contributed by atoms with Crippen LogP contribution in [-0.4, -0.2) is 31.1 Å². The Hall–Kier alpha value is -0.640. The molecule has 1 aliphatic heterocycles. The maximum absolute atomic E-state index is 13.5. The van der Waals surface area contributed by atoms with Crippen molar-refractivity contribution < 1.29 is 4.39 Å². The number of rotatable bonds is 3. The summed E-state index contributed by atoms with van der Waals surface area (Å²) in [6.45, 7) is 4.56. The Labute approximate surface area is 113 Å². The van der Waals surface area contributed by atoms with Crippen LogP contribution in [-0.2, 0) is 6.54 Å². The zero-order valence-corrected chi connectivity index (χ0v) is 11.7. The number of nitrogens with one attached hydrogen (secondary N) is 1. The zero-order valence-electron chi connectivity index (χ0n) is 11.0. The fourth-order valence-corrected chi connectivity index (χ4v) is 2.71. The summed E-state index contributed by atoms with van der Waals surface area (Å²) in [6.07, 6.45) is 2.28. The van der Waals surface area contributed by atoms with E-state index < -0.39 is 0 Å². The van der Waals surface area contributed by atoms with Gasteiger partial charge < -0.3 is 5.32 Å². The first kappa shape index (κ1) is 13.8. The first-order valence-corrected chi connectivity index (χ1v) is 6.82. The minimum absolute atomic E-state index is 0.167.